The third-order valence-corrected chi connectivity index (χ3v) is 5.20. The summed E-state index contributed by atoms with van der Waals surface area (Å²) in [6.45, 7) is 8.08. The Morgan fingerprint density at radius 3 is 2.31 bits per heavy atom. The first-order valence-corrected chi connectivity index (χ1v) is 10.5. The smallest absolute Gasteiger partial charge is 0.303 e. The Balaban J connectivity index is 1.72. The van der Waals surface area contributed by atoms with Crippen LogP contribution < -0.4 is 9.47 Å². The molecule has 0 radical (unpaired) electrons. The number of benzene rings is 3. The molecule has 5 nitrogen and oxygen atoms in total. The highest BCUT2D eigenvalue weighted by Gasteiger charge is 2.11. The molecule has 0 amide bonds. The van der Waals surface area contributed by atoms with Crippen LogP contribution in [0.1, 0.15) is 40.9 Å². The van der Waals surface area contributed by atoms with Crippen LogP contribution >= 0.6 is 0 Å². The second kappa shape index (κ2) is 10.6. The van der Waals surface area contributed by atoms with Gasteiger partial charge in [0.05, 0.1) is 0 Å². The van der Waals surface area contributed by atoms with Crippen LogP contribution in [0.2, 0.25) is 0 Å². The van der Waals surface area contributed by atoms with Crippen molar-refractivity contribution < 1.29 is 23.8 Å². The Morgan fingerprint density at radius 1 is 0.938 bits per heavy atom. The predicted molar refractivity (Wildman–Crippen MR) is 124 cm³/mol. The lowest BCUT2D eigenvalue weighted by atomic mass is 9.93. The molecule has 0 fully saturated rings. The molecule has 1 atom stereocenters. The summed E-state index contributed by atoms with van der Waals surface area (Å²) in [5.74, 6) is 1.15. The van der Waals surface area contributed by atoms with Crippen molar-refractivity contribution in [2.45, 2.75) is 40.4 Å². The van der Waals surface area contributed by atoms with E-state index in [0.29, 0.717) is 18.8 Å². The molecule has 0 aliphatic rings. The van der Waals surface area contributed by atoms with E-state index in [0.717, 1.165) is 45.6 Å². The summed E-state index contributed by atoms with van der Waals surface area (Å²) in [5.41, 5.74) is 6.22. The van der Waals surface area contributed by atoms with Crippen LogP contribution in [0.15, 0.2) is 60.7 Å². The largest absolute Gasteiger partial charge is 0.490 e. The average Bonchev–Trinajstić information content (AvgIpc) is 2.77. The molecule has 5 heteroatoms. The van der Waals surface area contributed by atoms with Gasteiger partial charge in [-0.1, -0.05) is 24.3 Å². The molecule has 0 N–H and O–H groups in total. The summed E-state index contributed by atoms with van der Waals surface area (Å²) in [6.07, 6.45) is 0.511. The molecule has 0 unspecified atom stereocenters. The Morgan fingerprint density at radius 2 is 1.66 bits per heavy atom. The third-order valence-electron chi connectivity index (χ3n) is 5.20. The van der Waals surface area contributed by atoms with Crippen LogP contribution in [0, 0.1) is 13.8 Å². The summed E-state index contributed by atoms with van der Waals surface area (Å²) in [4.78, 5) is 21.8. The lowest BCUT2D eigenvalue weighted by Gasteiger charge is -2.16. The number of carbonyl (C=O) groups is 2. The topological polar surface area (TPSA) is 61.8 Å². The van der Waals surface area contributed by atoms with E-state index < -0.39 is 0 Å². The van der Waals surface area contributed by atoms with Crippen LogP contribution in [0.3, 0.4) is 0 Å². The van der Waals surface area contributed by atoms with Gasteiger partial charge in [0.15, 0.2) is 0 Å². The minimum Gasteiger partial charge on any atom is -0.490 e. The Hall–Kier alpha value is -3.60. The number of aryl methyl sites for hydroxylation is 1. The quantitative estimate of drug-likeness (QED) is 0.321. The van der Waals surface area contributed by atoms with Gasteiger partial charge in [-0.2, -0.15) is 0 Å². The predicted octanol–water partition coefficient (Wildman–Crippen LogP) is 5.69. The SMILES string of the molecule is CC(=O)O[C@@H](C)COc1ccc(-c2cccc(COc3ccc(C=O)cc3)c2C)c(C)c1. The van der Waals surface area contributed by atoms with Crippen LogP contribution in [-0.2, 0) is 16.1 Å². The highest BCUT2D eigenvalue weighted by Crippen LogP contribution is 2.31. The normalized spacial score (nSPS) is 11.5. The molecule has 0 saturated carbocycles. The summed E-state index contributed by atoms with van der Waals surface area (Å²) in [5, 5.41) is 0. The van der Waals surface area contributed by atoms with Crippen LogP contribution in [0.5, 0.6) is 11.5 Å². The van der Waals surface area contributed by atoms with E-state index in [4.69, 9.17) is 14.2 Å². The first kappa shape index (κ1) is 23.1. The maximum Gasteiger partial charge on any atom is 0.303 e. The van der Waals surface area contributed by atoms with Crippen molar-refractivity contribution >= 4 is 12.3 Å². The molecule has 3 rings (SSSR count). The van der Waals surface area contributed by atoms with Crippen LogP contribution in [0.4, 0.5) is 0 Å². The van der Waals surface area contributed by atoms with Gasteiger partial charge in [-0.05, 0) is 85.0 Å². The van der Waals surface area contributed by atoms with Crippen molar-refractivity contribution in [1.82, 2.24) is 0 Å². The van der Waals surface area contributed by atoms with Gasteiger partial charge in [-0.3, -0.25) is 9.59 Å². The number of rotatable bonds is 9. The fraction of sp³-hybridized carbons (Fsp3) is 0.259. The van der Waals surface area contributed by atoms with E-state index >= 15 is 0 Å². The Bertz CT molecular complexity index is 1090. The fourth-order valence-corrected chi connectivity index (χ4v) is 3.49. The maximum absolute atomic E-state index is 11.0. The van der Waals surface area contributed by atoms with Gasteiger partial charge in [0.25, 0.3) is 0 Å². The van der Waals surface area contributed by atoms with Crippen molar-refractivity contribution in [2.75, 3.05) is 6.61 Å². The van der Waals surface area contributed by atoms with E-state index in [2.05, 4.69) is 26.0 Å². The Kier molecular flexibility index (Phi) is 7.66. The molecule has 0 saturated heterocycles. The van der Waals surface area contributed by atoms with Gasteiger partial charge in [-0.15, -0.1) is 0 Å². The van der Waals surface area contributed by atoms with Gasteiger partial charge >= 0.3 is 5.97 Å². The lowest BCUT2D eigenvalue weighted by molar-refractivity contribution is -0.146. The molecule has 0 aromatic heterocycles. The van der Waals surface area contributed by atoms with Gasteiger partial charge in [0, 0.05) is 12.5 Å². The zero-order valence-corrected chi connectivity index (χ0v) is 18.9. The van der Waals surface area contributed by atoms with Crippen molar-refractivity contribution in [1.29, 1.82) is 0 Å². The van der Waals surface area contributed by atoms with Gasteiger partial charge in [-0.25, -0.2) is 0 Å². The number of hydrogen-bond donors (Lipinski definition) is 0. The molecule has 0 aliphatic heterocycles. The summed E-state index contributed by atoms with van der Waals surface area (Å²) >= 11 is 0. The molecule has 0 heterocycles. The number of ether oxygens (including phenoxy) is 3. The maximum atomic E-state index is 11.0. The van der Waals surface area contributed by atoms with E-state index in [9.17, 15) is 9.59 Å². The van der Waals surface area contributed by atoms with Gasteiger partial charge in [0.1, 0.15) is 37.1 Å². The number of carbonyl (C=O) groups excluding carboxylic acids is 2. The molecule has 3 aromatic carbocycles. The minimum absolute atomic E-state index is 0.304. The summed E-state index contributed by atoms with van der Waals surface area (Å²) in [7, 11) is 0. The van der Waals surface area contributed by atoms with Crippen molar-refractivity contribution in [3.8, 4) is 22.6 Å². The molecule has 3 aromatic rings. The van der Waals surface area contributed by atoms with E-state index in [-0.39, 0.29) is 12.1 Å². The van der Waals surface area contributed by atoms with Crippen molar-refractivity contribution in [3.05, 3.63) is 82.9 Å². The molecule has 0 spiro atoms. The van der Waals surface area contributed by atoms with Crippen molar-refractivity contribution in [2.24, 2.45) is 0 Å². The zero-order chi connectivity index (χ0) is 23.1. The first-order chi connectivity index (χ1) is 15.4. The molecule has 0 bridgehead atoms. The lowest BCUT2D eigenvalue weighted by Crippen LogP contribution is -2.20. The standard InChI is InChI=1S/C27H28O5/c1-18-14-25(30-16-19(2)32-21(4)29)12-13-26(18)27-7-5-6-23(20(27)3)17-31-24-10-8-22(15-28)9-11-24/h5-15,19H,16-17H2,1-4H3/t19-/m0/s1. The molecule has 166 valence electrons. The molecule has 0 aliphatic carbocycles. The number of aldehydes is 1. The van der Waals surface area contributed by atoms with E-state index in [1.54, 1.807) is 31.2 Å². The highest BCUT2D eigenvalue weighted by molar-refractivity contribution is 5.75. The molecular weight excluding hydrogens is 404 g/mol. The van der Waals surface area contributed by atoms with E-state index in [1.807, 2.05) is 24.3 Å². The Labute approximate surface area is 188 Å². The van der Waals surface area contributed by atoms with Crippen LogP contribution in [-0.4, -0.2) is 25.0 Å². The average molecular weight is 433 g/mol. The monoisotopic (exact) mass is 432 g/mol. The van der Waals surface area contributed by atoms with Crippen molar-refractivity contribution in [3.63, 3.8) is 0 Å². The third kappa shape index (κ3) is 5.97. The fourth-order valence-electron chi connectivity index (χ4n) is 3.49. The molecular formula is C27H28O5. The number of hydrogen-bond acceptors (Lipinski definition) is 5. The summed E-state index contributed by atoms with van der Waals surface area (Å²) in [6, 6.07) is 19.2. The number of esters is 1. The summed E-state index contributed by atoms with van der Waals surface area (Å²) < 4.78 is 16.8. The van der Waals surface area contributed by atoms with Crippen LogP contribution in [0.25, 0.3) is 11.1 Å². The van der Waals surface area contributed by atoms with Gasteiger partial charge in [0.2, 0.25) is 0 Å². The van der Waals surface area contributed by atoms with E-state index in [1.165, 1.54) is 6.92 Å². The highest BCUT2D eigenvalue weighted by atomic mass is 16.6. The second-order valence-corrected chi connectivity index (χ2v) is 7.77. The first-order valence-electron chi connectivity index (χ1n) is 10.5. The second-order valence-electron chi connectivity index (χ2n) is 7.77. The van der Waals surface area contributed by atoms with Gasteiger partial charge < -0.3 is 14.2 Å². The zero-order valence-electron chi connectivity index (χ0n) is 18.9. The minimum atomic E-state index is -0.315. The molecule has 32 heavy (non-hydrogen) atoms.